The maximum Gasteiger partial charge on any atom is 0.335 e. The predicted octanol–water partition coefficient (Wildman–Crippen LogP) is 4.43. The Labute approximate surface area is 189 Å². The quantitative estimate of drug-likeness (QED) is 0.425. The second kappa shape index (κ2) is 8.66. The van der Waals surface area contributed by atoms with Crippen molar-refractivity contribution >= 4 is 33.9 Å². The van der Waals surface area contributed by atoms with Crippen molar-refractivity contribution in [3.05, 3.63) is 81.9 Å². The fourth-order valence-electron chi connectivity index (χ4n) is 3.85. The molecular formula is C25H22N4O4. The monoisotopic (exact) mass is 442 g/mol. The Balaban J connectivity index is 1.98. The summed E-state index contributed by atoms with van der Waals surface area (Å²) in [4.78, 5) is 41.7. The van der Waals surface area contributed by atoms with Crippen molar-refractivity contribution in [2.45, 2.75) is 27.3 Å². The molecule has 33 heavy (non-hydrogen) atoms. The van der Waals surface area contributed by atoms with E-state index in [1.165, 1.54) is 17.7 Å². The van der Waals surface area contributed by atoms with E-state index in [1.807, 2.05) is 24.3 Å². The number of aromatic carboxylic acids is 1. The predicted molar refractivity (Wildman–Crippen MR) is 126 cm³/mol. The highest BCUT2D eigenvalue weighted by Gasteiger charge is 2.23. The Morgan fingerprint density at radius 2 is 1.88 bits per heavy atom. The molecule has 2 aromatic carbocycles. The van der Waals surface area contributed by atoms with Crippen LogP contribution in [0.4, 0.5) is 11.4 Å². The van der Waals surface area contributed by atoms with E-state index in [0.29, 0.717) is 29.1 Å². The van der Waals surface area contributed by atoms with Crippen molar-refractivity contribution in [3.63, 3.8) is 0 Å². The van der Waals surface area contributed by atoms with E-state index in [4.69, 9.17) is 0 Å². The number of pyridine rings is 1. The molecule has 0 bridgehead atoms. The second-order valence-corrected chi connectivity index (χ2v) is 7.64. The molecule has 0 saturated carbocycles. The molecule has 0 spiro atoms. The topological polar surface area (TPSA) is 114 Å². The summed E-state index contributed by atoms with van der Waals surface area (Å²) in [7, 11) is 0. The highest BCUT2D eigenvalue weighted by atomic mass is 16.4. The summed E-state index contributed by atoms with van der Waals surface area (Å²) in [5.41, 5.74) is 1.94. The molecule has 4 aromatic rings. The van der Waals surface area contributed by atoms with Crippen molar-refractivity contribution in [1.82, 2.24) is 14.8 Å². The Morgan fingerprint density at radius 1 is 1.12 bits per heavy atom. The van der Waals surface area contributed by atoms with E-state index in [0.717, 1.165) is 10.8 Å². The number of aryl methyl sites for hydroxylation is 2. The molecule has 0 aliphatic carbocycles. The van der Waals surface area contributed by atoms with Crippen molar-refractivity contribution < 1.29 is 14.7 Å². The van der Waals surface area contributed by atoms with Gasteiger partial charge in [-0.1, -0.05) is 30.3 Å². The van der Waals surface area contributed by atoms with Crippen LogP contribution in [0.15, 0.2) is 59.7 Å². The molecule has 0 amide bonds. The van der Waals surface area contributed by atoms with Gasteiger partial charge in [0.25, 0.3) is 5.56 Å². The molecule has 0 atom stereocenters. The molecule has 8 heteroatoms. The summed E-state index contributed by atoms with van der Waals surface area (Å²) in [5.74, 6) is -1.38. The SMILES string of the molecule is CCn1nc(-c2ccc(C(=O)O)c(C)c2)c(C(C)=O)c(Nc2cncc3ccccc23)c1=O. The first kappa shape index (κ1) is 21.9. The lowest BCUT2D eigenvalue weighted by Crippen LogP contribution is -2.28. The molecule has 2 N–H and O–H groups in total. The molecule has 166 valence electrons. The van der Waals surface area contributed by atoms with Gasteiger partial charge in [-0.3, -0.25) is 14.6 Å². The zero-order valence-corrected chi connectivity index (χ0v) is 18.4. The third kappa shape index (κ3) is 3.98. The van der Waals surface area contributed by atoms with Gasteiger partial charge in [0.05, 0.1) is 23.0 Å². The number of fused-ring (bicyclic) bond motifs is 1. The molecule has 0 aliphatic heterocycles. The van der Waals surface area contributed by atoms with Crippen LogP contribution in [-0.2, 0) is 6.54 Å². The molecule has 0 fully saturated rings. The highest BCUT2D eigenvalue weighted by Crippen LogP contribution is 2.31. The number of nitrogens with one attached hydrogen (secondary N) is 1. The van der Waals surface area contributed by atoms with Gasteiger partial charge in [0.2, 0.25) is 0 Å². The van der Waals surface area contributed by atoms with Gasteiger partial charge in [-0.25, -0.2) is 9.48 Å². The van der Waals surface area contributed by atoms with E-state index in [1.54, 1.807) is 38.4 Å². The Hall–Kier alpha value is -4.33. The first-order valence-electron chi connectivity index (χ1n) is 10.4. The number of hydrogen-bond donors (Lipinski definition) is 2. The number of nitrogens with zero attached hydrogens (tertiary/aromatic N) is 3. The zero-order valence-electron chi connectivity index (χ0n) is 18.4. The Kier molecular flexibility index (Phi) is 5.74. The molecule has 2 heterocycles. The molecular weight excluding hydrogens is 420 g/mol. The number of Topliss-reactive ketones (excluding diaryl/α,β-unsaturated/α-hetero) is 1. The number of hydrogen-bond acceptors (Lipinski definition) is 6. The Morgan fingerprint density at radius 3 is 2.55 bits per heavy atom. The first-order valence-corrected chi connectivity index (χ1v) is 10.4. The van der Waals surface area contributed by atoms with Gasteiger partial charge in [0.15, 0.2) is 5.78 Å². The summed E-state index contributed by atoms with van der Waals surface area (Å²) in [6, 6.07) is 12.3. The third-order valence-electron chi connectivity index (χ3n) is 5.47. The summed E-state index contributed by atoms with van der Waals surface area (Å²) in [6.07, 6.45) is 3.33. The number of benzene rings is 2. The largest absolute Gasteiger partial charge is 0.478 e. The highest BCUT2D eigenvalue weighted by molar-refractivity contribution is 6.06. The molecule has 0 unspecified atom stereocenters. The van der Waals surface area contributed by atoms with E-state index in [2.05, 4.69) is 15.4 Å². The maximum absolute atomic E-state index is 13.2. The molecule has 0 radical (unpaired) electrons. The fraction of sp³-hybridized carbons (Fsp3) is 0.160. The summed E-state index contributed by atoms with van der Waals surface area (Å²) >= 11 is 0. The maximum atomic E-state index is 13.2. The van der Waals surface area contributed by atoms with Crippen LogP contribution in [0, 0.1) is 6.92 Å². The van der Waals surface area contributed by atoms with Crippen LogP contribution in [0.5, 0.6) is 0 Å². The lowest BCUT2D eigenvalue weighted by atomic mass is 9.98. The smallest absolute Gasteiger partial charge is 0.335 e. The average Bonchev–Trinajstić information content (AvgIpc) is 2.79. The van der Waals surface area contributed by atoms with Crippen LogP contribution in [-0.4, -0.2) is 31.6 Å². The molecule has 4 rings (SSSR count). The number of aromatic nitrogens is 3. The van der Waals surface area contributed by atoms with Crippen LogP contribution >= 0.6 is 0 Å². The minimum absolute atomic E-state index is 0.104. The van der Waals surface area contributed by atoms with Crippen molar-refractivity contribution in [3.8, 4) is 11.3 Å². The van der Waals surface area contributed by atoms with E-state index in [-0.39, 0.29) is 22.6 Å². The van der Waals surface area contributed by atoms with Gasteiger partial charge in [0, 0.05) is 29.1 Å². The van der Waals surface area contributed by atoms with E-state index in [9.17, 15) is 19.5 Å². The normalized spacial score (nSPS) is 10.9. The van der Waals surface area contributed by atoms with E-state index < -0.39 is 11.5 Å². The number of ketones is 1. The Bertz CT molecular complexity index is 1470. The summed E-state index contributed by atoms with van der Waals surface area (Å²) in [5, 5.41) is 18.7. The van der Waals surface area contributed by atoms with Gasteiger partial charge >= 0.3 is 5.97 Å². The van der Waals surface area contributed by atoms with Crippen molar-refractivity contribution in [1.29, 1.82) is 0 Å². The number of carboxylic acid groups (broad SMARTS) is 1. The second-order valence-electron chi connectivity index (χ2n) is 7.64. The minimum atomic E-state index is -1.04. The average molecular weight is 442 g/mol. The lowest BCUT2D eigenvalue weighted by Gasteiger charge is -2.17. The minimum Gasteiger partial charge on any atom is -0.478 e. The van der Waals surface area contributed by atoms with Crippen LogP contribution in [0.2, 0.25) is 0 Å². The van der Waals surface area contributed by atoms with Gasteiger partial charge in [-0.2, -0.15) is 5.10 Å². The van der Waals surface area contributed by atoms with Crippen molar-refractivity contribution in [2.24, 2.45) is 0 Å². The number of carbonyl (C=O) groups is 2. The van der Waals surface area contributed by atoms with Crippen molar-refractivity contribution in [2.75, 3.05) is 5.32 Å². The number of carboxylic acids is 1. The van der Waals surface area contributed by atoms with Gasteiger partial charge in [-0.05, 0) is 38.5 Å². The zero-order chi connectivity index (χ0) is 23.7. The molecule has 2 aromatic heterocycles. The van der Waals surface area contributed by atoms with Gasteiger partial charge in [-0.15, -0.1) is 0 Å². The summed E-state index contributed by atoms with van der Waals surface area (Å²) < 4.78 is 1.28. The third-order valence-corrected chi connectivity index (χ3v) is 5.47. The van der Waals surface area contributed by atoms with Crippen LogP contribution in [0.3, 0.4) is 0 Å². The number of anilines is 2. The number of carbonyl (C=O) groups excluding carboxylic acids is 1. The van der Waals surface area contributed by atoms with Crippen LogP contribution in [0.25, 0.3) is 22.0 Å². The van der Waals surface area contributed by atoms with Gasteiger partial charge < -0.3 is 10.4 Å². The first-order chi connectivity index (χ1) is 15.8. The molecule has 0 saturated heterocycles. The molecule has 0 aliphatic rings. The standard InChI is InChI=1S/C25H22N4O4/c1-4-29-24(31)23(27-20-13-26-12-17-7-5-6-8-19(17)20)21(15(3)30)22(28-29)16-9-10-18(25(32)33)14(2)11-16/h5-13,27H,4H2,1-3H3,(H,32,33). The van der Waals surface area contributed by atoms with Gasteiger partial charge in [0.1, 0.15) is 11.4 Å². The van der Waals surface area contributed by atoms with Crippen LogP contribution in [0.1, 0.15) is 40.1 Å². The lowest BCUT2D eigenvalue weighted by molar-refractivity contribution is 0.0696. The number of rotatable bonds is 6. The molecule has 8 nitrogen and oxygen atoms in total. The van der Waals surface area contributed by atoms with E-state index >= 15 is 0 Å². The fourth-order valence-corrected chi connectivity index (χ4v) is 3.85. The summed E-state index contributed by atoms with van der Waals surface area (Å²) in [6.45, 7) is 5.13. The van der Waals surface area contributed by atoms with Crippen LogP contribution < -0.4 is 10.9 Å².